The third kappa shape index (κ3) is 3.72. The van der Waals surface area contributed by atoms with Crippen LogP contribution in [0.15, 0.2) is 41.3 Å². The predicted octanol–water partition coefficient (Wildman–Crippen LogP) is 4.88. The molecule has 0 aliphatic carbocycles. The zero-order valence-corrected chi connectivity index (χ0v) is 12.6. The van der Waals surface area contributed by atoms with E-state index in [1.165, 1.54) is 0 Å². The fourth-order valence-electron chi connectivity index (χ4n) is 1.58. The molecule has 5 heteroatoms. The number of ether oxygens (including phenoxy) is 1. The minimum Gasteiger partial charge on any atom is -0.497 e. The Morgan fingerprint density at radius 3 is 2.68 bits per heavy atom. The molecular formula is C14H13Cl2NOS. The molecule has 0 radical (unpaired) electrons. The first-order chi connectivity index (χ1) is 9.10. The minimum absolute atomic E-state index is 0.679. The Balaban J connectivity index is 2.16. The Kier molecular flexibility index (Phi) is 4.86. The van der Waals surface area contributed by atoms with E-state index in [-0.39, 0.29) is 0 Å². The van der Waals surface area contributed by atoms with Gasteiger partial charge in [0.15, 0.2) is 0 Å². The maximum absolute atomic E-state index is 6.13. The minimum atomic E-state index is 0.679. The standard InChI is InChI=1S/C14H13Cl2NOS/c1-18-11-3-5-13(17)14(7-11)19-8-9-6-10(15)2-4-12(9)16/h2-7H,8,17H2,1H3. The Labute approximate surface area is 126 Å². The Hall–Kier alpha value is -1.03. The molecule has 0 atom stereocenters. The molecule has 0 aromatic heterocycles. The third-order valence-corrected chi connectivity index (χ3v) is 4.34. The topological polar surface area (TPSA) is 35.2 Å². The van der Waals surface area contributed by atoms with E-state index in [0.29, 0.717) is 15.8 Å². The molecule has 0 bridgehead atoms. The van der Waals surface area contributed by atoms with Gasteiger partial charge in [-0.15, -0.1) is 11.8 Å². The Morgan fingerprint density at radius 1 is 1.16 bits per heavy atom. The van der Waals surface area contributed by atoms with Gasteiger partial charge in [0.2, 0.25) is 0 Å². The predicted molar refractivity (Wildman–Crippen MR) is 83.4 cm³/mol. The number of thioether (sulfide) groups is 1. The Morgan fingerprint density at radius 2 is 1.95 bits per heavy atom. The zero-order chi connectivity index (χ0) is 13.8. The van der Waals surface area contributed by atoms with Crippen molar-refractivity contribution in [3.8, 4) is 5.75 Å². The molecule has 2 aromatic rings. The first kappa shape index (κ1) is 14.4. The van der Waals surface area contributed by atoms with Gasteiger partial charge in [-0.3, -0.25) is 0 Å². The van der Waals surface area contributed by atoms with E-state index >= 15 is 0 Å². The van der Waals surface area contributed by atoms with Crippen molar-refractivity contribution in [3.05, 3.63) is 52.0 Å². The van der Waals surface area contributed by atoms with E-state index in [4.69, 9.17) is 33.7 Å². The van der Waals surface area contributed by atoms with Crippen molar-refractivity contribution in [1.82, 2.24) is 0 Å². The summed E-state index contributed by atoms with van der Waals surface area (Å²) in [5.74, 6) is 1.49. The number of hydrogen-bond acceptors (Lipinski definition) is 3. The smallest absolute Gasteiger partial charge is 0.120 e. The lowest BCUT2D eigenvalue weighted by molar-refractivity contribution is 0.414. The van der Waals surface area contributed by atoms with E-state index < -0.39 is 0 Å². The third-order valence-electron chi connectivity index (χ3n) is 2.61. The molecule has 0 saturated heterocycles. The second kappa shape index (κ2) is 6.42. The van der Waals surface area contributed by atoms with E-state index in [1.807, 2.05) is 24.3 Å². The normalized spacial score (nSPS) is 10.5. The van der Waals surface area contributed by atoms with Crippen LogP contribution >= 0.6 is 35.0 Å². The summed E-state index contributed by atoms with van der Waals surface area (Å²) >= 11 is 13.7. The largest absolute Gasteiger partial charge is 0.497 e. The fraction of sp³-hybridized carbons (Fsp3) is 0.143. The summed E-state index contributed by atoms with van der Waals surface area (Å²) < 4.78 is 5.19. The fourth-order valence-corrected chi connectivity index (χ4v) is 3.02. The van der Waals surface area contributed by atoms with Crippen molar-refractivity contribution in [2.75, 3.05) is 12.8 Å². The lowest BCUT2D eigenvalue weighted by atomic mass is 10.2. The van der Waals surface area contributed by atoms with Gasteiger partial charge in [-0.1, -0.05) is 23.2 Å². The molecule has 0 spiro atoms. The average molecular weight is 314 g/mol. The SMILES string of the molecule is COc1ccc(N)c(SCc2cc(Cl)ccc2Cl)c1. The van der Waals surface area contributed by atoms with Crippen LogP contribution in [0.5, 0.6) is 5.75 Å². The van der Waals surface area contributed by atoms with E-state index in [9.17, 15) is 0 Å². The summed E-state index contributed by atoms with van der Waals surface area (Å²) in [5, 5.41) is 1.39. The second-order valence-electron chi connectivity index (χ2n) is 3.93. The van der Waals surface area contributed by atoms with Crippen molar-refractivity contribution in [2.24, 2.45) is 0 Å². The molecule has 0 aliphatic heterocycles. The molecule has 2 N–H and O–H groups in total. The van der Waals surface area contributed by atoms with Gasteiger partial charge < -0.3 is 10.5 Å². The summed E-state index contributed by atoms with van der Waals surface area (Å²) in [6.07, 6.45) is 0. The van der Waals surface area contributed by atoms with Crippen molar-refractivity contribution in [1.29, 1.82) is 0 Å². The number of halogens is 2. The number of nitrogens with two attached hydrogens (primary N) is 1. The Bertz CT molecular complexity index is 590. The van der Waals surface area contributed by atoms with Crippen LogP contribution in [0.3, 0.4) is 0 Å². The molecule has 2 aromatic carbocycles. The molecule has 0 amide bonds. The van der Waals surface area contributed by atoms with E-state index in [1.54, 1.807) is 31.0 Å². The summed E-state index contributed by atoms with van der Waals surface area (Å²) in [5.41, 5.74) is 7.65. The number of hydrogen-bond donors (Lipinski definition) is 1. The number of benzene rings is 2. The maximum Gasteiger partial charge on any atom is 0.120 e. The van der Waals surface area contributed by atoms with Gasteiger partial charge in [-0.2, -0.15) is 0 Å². The van der Waals surface area contributed by atoms with Gasteiger partial charge in [0.25, 0.3) is 0 Å². The molecule has 0 aliphatic rings. The summed E-state index contributed by atoms with van der Waals surface area (Å²) in [7, 11) is 1.63. The van der Waals surface area contributed by atoms with Crippen molar-refractivity contribution in [2.45, 2.75) is 10.6 Å². The van der Waals surface area contributed by atoms with Gasteiger partial charge in [-0.05, 0) is 42.0 Å². The zero-order valence-electron chi connectivity index (χ0n) is 10.3. The molecule has 2 rings (SSSR count). The number of nitrogen functional groups attached to an aromatic ring is 1. The van der Waals surface area contributed by atoms with Crippen LogP contribution < -0.4 is 10.5 Å². The highest BCUT2D eigenvalue weighted by Gasteiger charge is 2.06. The highest BCUT2D eigenvalue weighted by molar-refractivity contribution is 7.98. The molecule has 0 fully saturated rings. The van der Waals surface area contributed by atoms with Gasteiger partial charge in [-0.25, -0.2) is 0 Å². The van der Waals surface area contributed by atoms with Gasteiger partial charge in [0.05, 0.1) is 7.11 Å². The molecule has 0 heterocycles. The molecule has 2 nitrogen and oxygen atoms in total. The van der Waals surface area contributed by atoms with Crippen LogP contribution in [0.4, 0.5) is 5.69 Å². The van der Waals surface area contributed by atoms with Crippen molar-refractivity contribution < 1.29 is 4.74 Å². The van der Waals surface area contributed by atoms with Crippen molar-refractivity contribution >= 4 is 40.7 Å². The average Bonchev–Trinajstić information content (AvgIpc) is 2.41. The second-order valence-corrected chi connectivity index (χ2v) is 5.79. The lowest BCUT2D eigenvalue weighted by Gasteiger charge is -2.09. The molecule has 0 saturated carbocycles. The van der Waals surface area contributed by atoms with Gasteiger partial charge in [0, 0.05) is 26.4 Å². The van der Waals surface area contributed by atoms with Crippen LogP contribution in [0.25, 0.3) is 0 Å². The van der Waals surface area contributed by atoms with Gasteiger partial charge >= 0.3 is 0 Å². The summed E-state index contributed by atoms with van der Waals surface area (Å²) in [4.78, 5) is 0.968. The van der Waals surface area contributed by atoms with E-state index in [2.05, 4.69) is 0 Å². The number of anilines is 1. The van der Waals surface area contributed by atoms with E-state index in [0.717, 1.165) is 21.9 Å². The summed E-state index contributed by atoms with van der Waals surface area (Å²) in [6, 6.07) is 11.0. The van der Waals surface area contributed by atoms with Crippen molar-refractivity contribution in [3.63, 3.8) is 0 Å². The summed E-state index contributed by atoms with van der Waals surface area (Å²) in [6.45, 7) is 0. The maximum atomic E-state index is 6.13. The number of rotatable bonds is 4. The van der Waals surface area contributed by atoms with Crippen LogP contribution in [0, 0.1) is 0 Å². The molecule has 100 valence electrons. The first-order valence-corrected chi connectivity index (χ1v) is 7.34. The molecular weight excluding hydrogens is 301 g/mol. The molecule has 0 unspecified atom stereocenters. The first-order valence-electron chi connectivity index (χ1n) is 5.60. The van der Waals surface area contributed by atoms with Crippen LogP contribution in [0.1, 0.15) is 5.56 Å². The van der Waals surface area contributed by atoms with Gasteiger partial charge in [0.1, 0.15) is 5.75 Å². The molecule has 19 heavy (non-hydrogen) atoms. The van der Waals surface area contributed by atoms with Crippen LogP contribution in [-0.4, -0.2) is 7.11 Å². The highest BCUT2D eigenvalue weighted by atomic mass is 35.5. The number of methoxy groups -OCH3 is 1. The lowest BCUT2D eigenvalue weighted by Crippen LogP contribution is -1.91. The quantitative estimate of drug-likeness (QED) is 0.645. The highest BCUT2D eigenvalue weighted by Crippen LogP contribution is 2.33. The van der Waals surface area contributed by atoms with Crippen LogP contribution in [0.2, 0.25) is 10.0 Å². The van der Waals surface area contributed by atoms with Crippen LogP contribution in [-0.2, 0) is 5.75 Å². The monoisotopic (exact) mass is 313 g/mol.